The van der Waals surface area contributed by atoms with Crippen LogP contribution in [0.3, 0.4) is 0 Å². The van der Waals surface area contributed by atoms with Gasteiger partial charge >= 0.3 is 5.97 Å². The Hall–Kier alpha value is -1.59. The number of hydrogen-bond acceptors (Lipinski definition) is 5. The van der Waals surface area contributed by atoms with Gasteiger partial charge < -0.3 is 4.74 Å². The van der Waals surface area contributed by atoms with Crippen LogP contribution < -0.4 is 4.72 Å². The number of carbonyl (C=O) groups is 1. The van der Waals surface area contributed by atoms with Crippen molar-refractivity contribution in [3.05, 3.63) is 28.2 Å². The van der Waals surface area contributed by atoms with E-state index >= 15 is 0 Å². The van der Waals surface area contributed by atoms with Gasteiger partial charge in [0, 0.05) is 4.47 Å². The molecule has 0 saturated heterocycles. The van der Waals surface area contributed by atoms with Crippen molar-refractivity contribution >= 4 is 37.6 Å². The second kappa shape index (κ2) is 6.72. The standard InChI is InChI=1S/C12H13BrN2O4S/c1-3-19-12(16)9-4-5-11(10(13)6-9)15-20(17,18)8(2)7-14/h4-6,8,15H,3H2,1-2H3. The lowest BCUT2D eigenvalue weighted by Gasteiger charge is -2.11. The van der Waals surface area contributed by atoms with Crippen molar-refractivity contribution in [3.63, 3.8) is 0 Å². The summed E-state index contributed by atoms with van der Waals surface area (Å²) >= 11 is 3.17. The summed E-state index contributed by atoms with van der Waals surface area (Å²) in [6.07, 6.45) is 0. The Morgan fingerprint density at radius 1 is 1.55 bits per heavy atom. The maximum Gasteiger partial charge on any atom is 0.338 e. The Labute approximate surface area is 125 Å². The van der Waals surface area contributed by atoms with Crippen molar-refractivity contribution in [3.8, 4) is 6.07 Å². The highest BCUT2D eigenvalue weighted by Gasteiger charge is 2.21. The van der Waals surface area contributed by atoms with E-state index in [0.717, 1.165) is 0 Å². The predicted octanol–water partition coefficient (Wildman–Crippen LogP) is 2.28. The Balaban J connectivity index is 3.01. The summed E-state index contributed by atoms with van der Waals surface area (Å²) < 4.78 is 31.0. The smallest absolute Gasteiger partial charge is 0.338 e. The quantitative estimate of drug-likeness (QED) is 0.812. The van der Waals surface area contributed by atoms with Gasteiger partial charge in [-0.2, -0.15) is 5.26 Å². The van der Waals surface area contributed by atoms with Gasteiger partial charge in [0.05, 0.1) is 23.9 Å². The highest BCUT2D eigenvalue weighted by atomic mass is 79.9. The third-order valence-electron chi connectivity index (χ3n) is 2.38. The van der Waals surface area contributed by atoms with Crippen molar-refractivity contribution in [2.45, 2.75) is 19.1 Å². The van der Waals surface area contributed by atoms with Gasteiger partial charge in [-0.3, -0.25) is 4.72 Å². The number of carbonyl (C=O) groups excluding carboxylic acids is 1. The number of nitriles is 1. The summed E-state index contributed by atoms with van der Waals surface area (Å²) in [6, 6.07) is 5.97. The van der Waals surface area contributed by atoms with Gasteiger partial charge in [-0.15, -0.1) is 0 Å². The van der Waals surface area contributed by atoms with Crippen LogP contribution in [-0.2, 0) is 14.8 Å². The van der Waals surface area contributed by atoms with Gasteiger partial charge in [0.15, 0.2) is 5.25 Å². The van der Waals surface area contributed by atoms with E-state index in [9.17, 15) is 13.2 Å². The maximum absolute atomic E-state index is 11.8. The van der Waals surface area contributed by atoms with Gasteiger partial charge in [-0.25, -0.2) is 13.2 Å². The van der Waals surface area contributed by atoms with Crippen LogP contribution in [0.25, 0.3) is 0 Å². The summed E-state index contributed by atoms with van der Waals surface area (Å²) in [6.45, 7) is 3.23. The van der Waals surface area contributed by atoms with E-state index in [0.29, 0.717) is 10.0 Å². The molecule has 0 aliphatic heterocycles. The molecule has 0 saturated carbocycles. The first-order valence-corrected chi connectivity index (χ1v) is 8.03. The van der Waals surface area contributed by atoms with E-state index in [2.05, 4.69) is 20.7 Å². The number of halogens is 1. The summed E-state index contributed by atoms with van der Waals surface area (Å²) in [7, 11) is -3.79. The zero-order chi connectivity index (χ0) is 15.3. The summed E-state index contributed by atoms with van der Waals surface area (Å²) in [5.41, 5.74) is 0.551. The van der Waals surface area contributed by atoms with Crippen LogP contribution in [0.2, 0.25) is 0 Å². The van der Waals surface area contributed by atoms with Gasteiger partial charge in [0.25, 0.3) is 0 Å². The minimum atomic E-state index is -3.79. The first-order valence-electron chi connectivity index (χ1n) is 5.69. The van der Waals surface area contributed by atoms with E-state index in [1.807, 2.05) is 0 Å². The Morgan fingerprint density at radius 2 is 2.20 bits per heavy atom. The molecule has 1 rings (SSSR count). The molecule has 6 nitrogen and oxygen atoms in total. The number of nitrogens with one attached hydrogen (secondary N) is 1. The van der Waals surface area contributed by atoms with Crippen molar-refractivity contribution in [1.82, 2.24) is 0 Å². The number of esters is 1. The Kier molecular flexibility index (Phi) is 5.53. The topological polar surface area (TPSA) is 96.3 Å². The molecule has 1 N–H and O–H groups in total. The lowest BCUT2D eigenvalue weighted by atomic mass is 10.2. The molecule has 0 heterocycles. The SMILES string of the molecule is CCOC(=O)c1ccc(NS(=O)(=O)C(C)C#N)c(Br)c1. The molecule has 0 aliphatic rings. The van der Waals surface area contributed by atoms with E-state index < -0.39 is 21.2 Å². The Morgan fingerprint density at radius 3 is 2.70 bits per heavy atom. The molecule has 1 unspecified atom stereocenters. The third-order valence-corrected chi connectivity index (χ3v) is 4.58. The molecule has 1 aromatic carbocycles. The van der Waals surface area contributed by atoms with Crippen LogP contribution in [0.4, 0.5) is 5.69 Å². The van der Waals surface area contributed by atoms with Crippen LogP contribution >= 0.6 is 15.9 Å². The number of nitrogens with zero attached hydrogens (tertiary/aromatic N) is 1. The number of ether oxygens (including phenoxy) is 1. The number of benzene rings is 1. The van der Waals surface area contributed by atoms with Gasteiger partial charge in [0.2, 0.25) is 10.0 Å². The van der Waals surface area contributed by atoms with Crippen LogP contribution in [0, 0.1) is 11.3 Å². The van der Waals surface area contributed by atoms with E-state index in [4.69, 9.17) is 10.00 Å². The van der Waals surface area contributed by atoms with Gasteiger partial charge in [-0.1, -0.05) is 0 Å². The minimum Gasteiger partial charge on any atom is -0.462 e. The fourth-order valence-corrected chi connectivity index (χ4v) is 2.66. The molecule has 1 atom stereocenters. The van der Waals surface area contributed by atoms with E-state index in [-0.39, 0.29) is 12.3 Å². The molecule has 8 heteroatoms. The van der Waals surface area contributed by atoms with E-state index in [1.54, 1.807) is 13.0 Å². The molecular weight excluding hydrogens is 348 g/mol. The molecule has 1 aromatic rings. The Bertz CT molecular complexity index is 652. The fourth-order valence-electron chi connectivity index (χ4n) is 1.25. The molecule has 0 spiro atoms. The molecular formula is C12H13BrN2O4S. The van der Waals surface area contributed by atoms with Crippen LogP contribution in [0.15, 0.2) is 22.7 Å². The number of anilines is 1. The third kappa shape index (κ3) is 3.95. The first-order chi connectivity index (χ1) is 9.31. The molecule has 0 fully saturated rings. The summed E-state index contributed by atoms with van der Waals surface area (Å²) in [4.78, 5) is 11.5. The first kappa shape index (κ1) is 16.5. The minimum absolute atomic E-state index is 0.250. The van der Waals surface area contributed by atoms with Crippen LogP contribution in [0.5, 0.6) is 0 Å². The van der Waals surface area contributed by atoms with Crippen LogP contribution in [-0.4, -0.2) is 26.2 Å². The molecule has 0 aromatic heterocycles. The highest BCUT2D eigenvalue weighted by Crippen LogP contribution is 2.25. The lowest BCUT2D eigenvalue weighted by molar-refractivity contribution is 0.0526. The summed E-state index contributed by atoms with van der Waals surface area (Å²) in [5.74, 6) is -0.493. The zero-order valence-electron chi connectivity index (χ0n) is 10.9. The molecule has 0 bridgehead atoms. The second-order valence-corrected chi connectivity index (χ2v) is 6.69. The average Bonchev–Trinajstić information content (AvgIpc) is 2.40. The lowest BCUT2D eigenvalue weighted by Crippen LogP contribution is -2.24. The summed E-state index contributed by atoms with van der Waals surface area (Å²) in [5, 5.41) is 7.47. The largest absolute Gasteiger partial charge is 0.462 e. The fraction of sp³-hybridized carbons (Fsp3) is 0.333. The van der Waals surface area contributed by atoms with Crippen molar-refractivity contribution < 1.29 is 17.9 Å². The molecule has 0 aliphatic carbocycles. The number of hydrogen-bond donors (Lipinski definition) is 1. The maximum atomic E-state index is 11.8. The van der Waals surface area contributed by atoms with Crippen molar-refractivity contribution in [1.29, 1.82) is 5.26 Å². The number of rotatable bonds is 5. The van der Waals surface area contributed by atoms with Crippen molar-refractivity contribution in [2.24, 2.45) is 0 Å². The van der Waals surface area contributed by atoms with Crippen LogP contribution in [0.1, 0.15) is 24.2 Å². The normalized spacial score (nSPS) is 12.3. The van der Waals surface area contributed by atoms with Crippen molar-refractivity contribution in [2.75, 3.05) is 11.3 Å². The zero-order valence-corrected chi connectivity index (χ0v) is 13.3. The average molecular weight is 361 g/mol. The van der Waals surface area contributed by atoms with E-state index in [1.165, 1.54) is 25.1 Å². The number of sulfonamides is 1. The molecule has 108 valence electrons. The molecule has 20 heavy (non-hydrogen) atoms. The molecule has 0 amide bonds. The molecule has 0 radical (unpaired) electrons. The predicted molar refractivity (Wildman–Crippen MR) is 77.7 cm³/mol. The van der Waals surface area contributed by atoms with Gasteiger partial charge in [-0.05, 0) is 48.0 Å². The monoisotopic (exact) mass is 360 g/mol. The second-order valence-electron chi connectivity index (χ2n) is 3.83. The van der Waals surface area contributed by atoms with Gasteiger partial charge in [0.1, 0.15) is 0 Å². The highest BCUT2D eigenvalue weighted by molar-refractivity contribution is 9.10.